The molecular formula is C10H16O3. The summed E-state index contributed by atoms with van der Waals surface area (Å²) in [5.74, 6) is -0.454. The lowest BCUT2D eigenvalue weighted by Crippen LogP contribution is -2.12. The van der Waals surface area contributed by atoms with E-state index < -0.39 is 0 Å². The van der Waals surface area contributed by atoms with Crippen LogP contribution in [0.2, 0.25) is 0 Å². The van der Waals surface area contributed by atoms with Crippen molar-refractivity contribution in [3.8, 4) is 0 Å². The Labute approximate surface area is 78.8 Å². The lowest BCUT2D eigenvalue weighted by molar-refractivity contribution is -0.144. The fourth-order valence-electron chi connectivity index (χ4n) is 0.818. The molecule has 74 valence electrons. The summed E-state index contributed by atoms with van der Waals surface area (Å²) in [4.78, 5) is 22.1. The van der Waals surface area contributed by atoms with E-state index in [0.29, 0.717) is 6.61 Å². The van der Waals surface area contributed by atoms with Crippen molar-refractivity contribution in [2.75, 3.05) is 6.61 Å². The molecule has 3 heteroatoms. The summed E-state index contributed by atoms with van der Waals surface area (Å²) in [6.45, 7) is 7.38. The van der Waals surface area contributed by atoms with Crippen molar-refractivity contribution in [2.24, 2.45) is 5.92 Å². The smallest absolute Gasteiger partial charge is 0.306 e. The van der Waals surface area contributed by atoms with Crippen molar-refractivity contribution >= 4 is 11.8 Å². The molecule has 0 rings (SSSR count). The first-order valence-corrected chi connectivity index (χ1v) is 4.42. The number of hydrogen-bond acceptors (Lipinski definition) is 3. The van der Waals surface area contributed by atoms with Gasteiger partial charge in [-0.25, -0.2) is 0 Å². The van der Waals surface area contributed by atoms with Gasteiger partial charge >= 0.3 is 5.97 Å². The average molecular weight is 184 g/mol. The summed E-state index contributed by atoms with van der Waals surface area (Å²) >= 11 is 0. The molecule has 0 N–H and O–H groups in total. The SMILES string of the molecule is C=CC(C)C(=O)CCC(=O)OCC. The number of Topliss-reactive ketones (excluding diaryl/α,β-unsaturated/α-hetero) is 1. The van der Waals surface area contributed by atoms with Gasteiger partial charge in [0.25, 0.3) is 0 Å². The van der Waals surface area contributed by atoms with Crippen molar-refractivity contribution in [2.45, 2.75) is 26.7 Å². The summed E-state index contributed by atoms with van der Waals surface area (Å²) < 4.78 is 4.69. The van der Waals surface area contributed by atoms with Gasteiger partial charge in [0, 0.05) is 12.3 Å². The zero-order valence-corrected chi connectivity index (χ0v) is 8.21. The van der Waals surface area contributed by atoms with E-state index in [-0.39, 0.29) is 30.5 Å². The predicted octanol–water partition coefficient (Wildman–Crippen LogP) is 1.72. The molecule has 0 radical (unpaired) electrons. The Morgan fingerprint density at radius 2 is 2.08 bits per heavy atom. The Hall–Kier alpha value is -1.12. The van der Waals surface area contributed by atoms with Crippen LogP contribution in [0.1, 0.15) is 26.7 Å². The van der Waals surface area contributed by atoms with E-state index in [4.69, 9.17) is 0 Å². The zero-order chi connectivity index (χ0) is 10.3. The van der Waals surface area contributed by atoms with Gasteiger partial charge in [-0.1, -0.05) is 13.0 Å². The van der Waals surface area contributed by atoms with Crippen LogP contribution >= 0.6 is 0 Å². The first kappa shape index (κ1) is 11.9. The zero-order valence-electron chi connectivity index (χ0n) is 8.21. The number of carbonyl (C=O) groups is 2. The van der Waals surface area contributed by atoms with Crippen LogP contribution in [0.15, 0.2) is 12.7 Å². The third-order valence-corrected chi connectivity index (χ3v) is 1.74. The topological polar surface area (TPSA) is 43.4 Å². The van der Waals surface area contributed by atoms with Crippen LogP contribution in [0.3, 0.4) is 0 Å². The van der Waals surface area contributed by atoms with Gasteiger partial charge in [0.15, 0.2) is 0 Å². The summed E-state index contributed by atoms with van der Waals surface area (Å²) in [6.07, 6.45) is 1.99. The number of rotatable bonds is 6. The van der Waals surface area contributed by atoms with Crippen LogP contribution in [0.5, 0.6) is 0 Å². The highest BCUT2D eigenvalue weighted by molar-refractivity contribution is 5.85. The normalized spacial score (nSPS) is 11.8. The minimum Gasteiger partial charge on any atom is -0.466 e. The van der Waals surface area contributed by atoms with Gasteiger partial charge in [0.2, 0.25) is 0 Å². The highest BCUT2D eigenvalue weighted by Gasteiger charge is 2.11. The first-order valence-electron chi connectivity index (χ1n) is 4.42. The molecule has 0 aliphatic rings. The first-order chi connectivity index (χ1) is 6.11. The Kier molecular flexibility index (Phi) is 5.85. The summed E-state index contributed by atoms with van der Waals surface area (Å²) in [7, 11) is 0. The summed E-state index contributed by atoms with van der Waals surface area (Å²) in [5, 5.41) is 0. The molecule has 13 heavy (non-hydrogen) atoms. The van der Waals surface area contributed by atoms with Crippen LogP contribution < -0.4 is 0 Å². The molecule has 0 amide bonds. The number of ketones is 1. The van der Waals surface area contributed by atoms with Gasteiger partial charge < -0.3 is 4.74 Å². The standard InChI is InChI=1S/C10H16O3/c1-4-8(3)9(11)6-7-10(12)13-5-2/h4,8H,1,5-7H2,2-3H3. The second kappa shape index (κ2) is 6.40. The lowest BCUT2D eigenvalue weighted by Gasteiger charge is -2.04. The van der Waals surface area contributed by atoms with Crippen molar-refractivity contribution in [3.05, 3.63) is 12.7 Å². The lowest BCUT2D eigenvalue weighted by atomic mass is 10.0. The number of esters is 1. The highest BCUT2D eigenvalue weighted by Crippen LogP contribution is 2.04. The predicted molar refractivity (Wildman–Crippen MR) is 50.2 cm³/mol. The van der Waals surface area contributed by atoms with E-state index >= 15 is 0 Å². The third kappa shape index (κ3) is 5.17. The monoisotopic (exact) mass is 184 g/mol. The van der Waals surface area contributed by atoms with Gasteiger partial charge in [-0.3, -0.25) is 9.59 Å². The molecule has 0 saturated carbocycles. The van der Waals surface area contributed by atoms with Crippen LogP contribution in [0.4, 0.5) is 0 Å². The van der Waals surface area contributed by atoms with Crippen molar-refractivity contribution in [1.29, 1.82) is 0 Å². The van der Waals surface area contributed by atoms with Crippen LogP contribution in [0, 0.1) is 5.92 Å². The fraction of sp³-hybridized carbons (Fsp3) is 0.600. The molecule has 0 saturated heterocycles. The Morgan fingerprint density at radius 1 is 1.46 bits per heavy atom. The maximum Gasteiger partial charge on any atom is 0.306 e. The van der Waals surface area contributed by atoms with E-state index in [1.54, 1.807) is 19.9 Å². The van der Waals surface area contributed by atoms with E-state index in [1.165, 1.54) is 0 Å². The molecular weight excluding hydrogens is 168 g/mol. The number of hydrogen-bond donors (Lipinski definition) is 0. The molecule has 0 aliphatic heterocycles. The van der Waals surface area contributed by atoms with E-state index in [0.717, 1.165) is 0 Å². The molecule has 3 nitrogen and oxygen atoms in total. The van der Waals surface area contributed by atoms with E-state index in [9.17, 15) is 9.59 Å². The molecule has 0 bridgehead atoms. The second-order valence-electron chi connectivity index (χ2n) is 2.80. The highest BCUT2D eigenvalue weighted by atomic mass is 16.5. The molecule has 1 atom stereocenters. The summed E-state index contributed by atoms with van der Waals surface area (Å²) in [5.41, 5.74) is 0. The van der Waals surface area contributed by atoms with Crippen molar-refractivity contribution in [1.82, 2.24) is 0 Å². The Morgan fingerprint density at radius 3 is 2.54 bits per heavy atom. The van der Waals surface area contributed by atoms with Gasteiger partial charge in [0.05, 0.1) is 13.0 Å². The van der Waals surface area contributed by atoms with E-state index in [2.05, 4.69) is 11.3 Å². The molecule has 1 unspecified atom stereocenters. The van der Waals surface area contributed by atoms with Crippen LogP contribution in [0.25, 0.3) is 0 Å². The summed E-state index contributed by atoms with van der Waals surface area (Å²) in [6, 6.07) is 0. The fourth-order valence-corrected chi connectivity index (χ4v) is 0.818. The van der Waals surface area contributed by atoms with Gasteiger partial charge in [-0.05, 0) is 6.92 Å². The molecule has 0 aromatic rings. The Bertz CT molecular complexity index is 196. The number of carbonyl (C=O) groups excluding carboxylic acids is 2. The van der Waals surface area contributed by atoms with Crippen LogP contribution in [-0.4, -0.2) is 18.4 Å². The molecule has 0 fully saturated rings. The number of allylic oxidation sites excluding steroid dienone is 1. The minimum absolute atomic E-state index is 0.0306. The minimum atomic E-state index is -0.313. The molecule has 0 aliphatic carbocycles. The van der Waals surface area contributed by atoms with Crippen LogP contribution in [-0.2, 0) is 14.3 Å². The maximum atomic E-state index is 11.2. The number of ether oxygens (including phenoxy) is 1. The van der Waals surface area contributed by atoms with Gasteiger partial charge in [-0.15, -0.1) is 6.58 Å². The average Bonchev–Trinajstić information content (AvgIpc) is 2.13. The van der Waals surface area contributed by atoms with Gasteiger partial charge in [-0.2, -0.15) is 0 Å². The Balaban J connectivity index is 3.69. The largest absolute Gasteiger partial charge is 0.466 e. The quantitative estimate of drug-likeness (QED) is 0.466. The van der Waals surface area contributed by atoms with E-state index in [1.807, 2.05) is 0 Å². The van der Waals surface area contributed by atoms with Crippen molar-refractivity contribution in [3.63, 3.8) is 0 Å². The molecule has 0 spiro atoms. The van der Waals surface area contributed by atoms with Gasteiger partial charge in [0.1, 0.15) is 5.78 Å². The molecule has 0 heterocycles. The molecule has 0 aromatic heterocycles. The second-order valence-corrected chi connectivity index (χ2v) is 2.80. The maximum absolute atomic E-state index is 11.2. The molecule has 0 aromatic carbocycles. The third-order valence-electron chi connectivity index (χ3n) is 1.74. The van der Waals surface area contributed by atoms with Crippen molar-refractivity contribution < 1.29 is 14.3 Å².